The molecule has 2 aromatic carbocycles. The van der Waals surface area contributed by atoms with Gasteiger partial charge < -0.3 is 10.5 Å². The highest BCUT2D eigenvalue weighted by atomic mass is 16.5. The lowest BCUT2D eigenvalue weighted by Gasteiger charge is -2.10. The van der Waals surface area contributed by atoms with E-state index in [-0.39, 0.29) is 6.04 Å². The molecule has 0 radical (unpaired) electrons. The van der Waals surface area contributed by atoms with Crippen LogP contribution in [0, 0.1) is 0 Å². The maximum absolute atomic E-state index is 5.82. The summed E-state index contributed by atoms with van der Waals surface area (Å²) in [6.07, 6.45) is 2.02. The molecular formula is C17H21NO. The minimum Gasteiger partial charge on any atom is -0.496 e. The molecule has 2 nitrogen and oxygen atoms in total. The van der Waals surface area contributed by atoms with E-state index in [1.54, 1.807) is 7.11 Å². The summed E-state index contributed by atoms with van der Waals surface area (Å²) in [5.74, 6) is 0.909. The van der Waals surface area contributed by atoms with E-state index in [4.69, 9.17) is 10.5 Å². The standard InChI is InChI=1S/C17H21NO/c1-13(18)10-11-14-6-5-7-15(12-14)16-8-3-4-9-17(16)19-2/h3-9,12-13H,10-11,18H2,1-2H3. The van der Waals surface area contributed by atoms with Gasteiger partial charge >= 0.3 is 0 Å². The molecule has 2 heteroatoms. The lowest BCUT2D eigenvalue weighted by atomic mass is 9.99. The third-order valence-electron chi connectivity index (χ3n) is 3.23. The Morgan fingerprint density at radius 1 is 1.11 bits per heavy atom. The molecule has 0 aliphatic carbocycles. The molecule has 0 saturated heterocycles. The molecule has 0 aromatic heterocycles. The first-order valence-corrected chi connectivity index (χ1v) is 6.68. The van der Waals surface area contributed by atoms with Gasteiger partial charge in [-0.2, -0.15) is 0 Å². The summed E-state index contributed by atoms with van der Waals surface area (Å²) in [4.78, 5) is 0. The van der Waals surface area contributed by atoms with Crippen LogP contribution in [0.1, 0.15) is 18.9 Å². The van der Waals surface area contributed by atoms with E-state index >= 15 is 0 Å². The Labute approximate surface area is 115 Å². The third kappa shape index (κ3) is 3.58. The van der Waals surface area contributed by atoms with Gasteiger partial charge in [-0.15, -0.1) is 0 Å². The Hall–Kier alpha value is -1.80. The van der Waals surface area contributed by atoms with Crippen molar-refractivity contribution in [2.45, 2.75) is 25.8 Å². The summed E-state index contributed by atoms with van der Waals surface area (Å²) in [6.45, 7) is 2.05. The van der Waals surface area contributed by atoms with Crippen LogP contribution in [-0.2, 0) is 6.42 Å². The smallest absolute Gasteiger partial charge is 0.126 e. The van der Waals surface area contributed by atoms with Gasteiger partial charge in [0.2, 0.25) is 0 Å². The van der Waals surface area contributed by atoms with Crippen LogP contribution in [0.4, 0.5) is 0 Å². The highest BCUT2D eigenvalue weighted by Crippen LogP contribution is 2.30. The maximum atomic E-state index is 5.82. The highest BCUT2D eigenvalue weighted by Gasteiger charge is 2.05. The normalized spacial score (nSPS) is 12.2. The van der Waals surface area contributed by atoms with E-state index in [0.717, 1.165) is 24.2 Å². The van der Waals surface area contributed by atoms with E-state index < -0.39 is 0 Å². The number of nitrogens with two attached hydrogens (primary N) is 1. The molecule has 0 amide bonds. The van der Waals surface area contributed by atoms with Gasteiger partial charge in [0.1, 0.15) is 5.75 Å². The van der Waals surface area contributed by atoms with Gasteiger partial charge in [-0.3, -0.25) is 0 Å². The van der Waals surface area contributed by atoms with E-state index in [1.807, 2.05) is 25.1 Å². The van der Waals surface area contributed by atoms with Crippen molar-refractivity contribution in [1.82, 2.24) is 0 Å². The zero-order chi connectivity index (χ0) is 13.7. The molecule has 2 aromatic rings. The fourth-order valence-electron chi connectivity index (χ4n) is 2.17. The second kappa shape index (κ2) is 6.39. The molecule has 100 valence electrons. The molecule has 0 heterocycles. The molecule has 0 aliphatic rings. The fourth-order valence-corrected chi connectivity index (χ4v) is 2.17. The second-order valence-electron chi connectivity index (χ2n) is 4.92. The van der Waals surface area contributed by atoms with Crippen LogP contribution in [0.15, 0.2) is 48.5 Å². The van der Waals surface area contributed by atoms with Gasteiger partial charge in [0, 0.05) is 11.6 Å². The monoisotopic (exact) mass is 255 g/mol. The van der Waals surface area contributed by atoms with Crippen molar-refractivity contribution in [2.75, 3.05) is 7.11 Å². The first-order chi connectivity index (χ1) is 9.20. The summed E-state index contributed by atoms with van der Waals surface area (Å²) in [5.41, 5.74) is 9.46. The molecular weight excluding hydrogens is 234 g/mol. The summed E-state index contributed by atoms with van der Waals surface area (Å²) in [5, 5.41) is 0. The average molecular weight is 255 g/mol. The van der Waals surface area contributed by atoms with E-state index in [9.17, 15) is 0 Å². The van der Waals surface area contributed by atoms with E-state index in [1.165, 1.54) is 11.1 Å². The lowest BCUT2D eigenvalue weighted by molar-refractivity contribution is 0.416. The molecule has 19 heavy (non-hydrogen) atoms. The maximum Gasteiger partial charge on any atom is 0.126 e. The molecule has 0 bridgehead atoms. The Balaban J connectivity index is 2.27. The highest BCUT2D eigenvalue weighted by molar-refractivity contribution is 5.70. The van der Waals surface area contributed by atoms with Crippen LogP contribution in [-0.4, -0.2) is 13.2 Å². The van der Waals surface area contributed by atoms with E-state index in [0.29, 0.717) is 0 Å². The van der Waals surface area contributed by atoms with Crippen LogP contribution in [0.2, 0.25) is 0 Å². The van der Waals surface area contributed by atoms with Crippen molar-refractivity contribution in [2.24, 2.45) is 5.73 Å². The topological polar surface area (TPSA) is 35.2 Å². The van der Waals surface area contributed by atoms with Crippen molar-refractivity contribution < 1.29 is 4.74 Å². The minimum atomic E-state index is 0.245. The van der Waals surface area contributed by atoms with Crippen LogP contribution in [0.3, 0.4) is 0 Å². The molecule has 1 unspecified atom stereocenters. The predicted molar refractivity (Wildman–Crippen MR) is 80.4 cm³/mol. The number of methoxy groups -OCH3 is 1. The van der Waals surface area contributed by atoms with Gasteiger partial charge in [0.25, 0.3) is 0 Å². The second-order valence-corrected chi connectivity index (χ2v) is 4.92. The van der Waals surface area contributed by atoms with Crippen LogP contribution < -0.4 is 10.5 Å². The quantitative estimate of drug-likeness (QED) is 0.885. The summed E-state index contributed by atoms with van der Waals surface area (Å²) in [7, 11) is 1.71. The first-order valence-electron chi connectivity index (χ1n) is 6.68. The Morgan fingerprint density at radius 2 is 1.89 bits per heavy atom. The molecule has 0 spiro atoms. The van der Waals surface area contributed by atoms with Crippen LogP contribution in [0.5, 0.6) is 5.75 Å². The van der Waals surface area contributed by atoms with E-state index in [2.05, 4.69) is 30.3 Å². The summed E-state index contributed by atoms with van der Waals surface area (Å²) in [6, 6.07) is 16.9. The average Bonchev–Trinajstić information content (AvgIpc) is 2.45. The van der Waals surface area contributed by atoms with Gasteiger partial charge in [0.15, 0.2) is 0 Å². The number of aryl methyl sites for hydroxylation is 1. The van der Waals surface area contributed by atoms with Crippen LogP contribution in [0.25, 0.3) is 11.1 Å². The van der Waals surface area contributed by atoms with Crippen LogP contribution >= 0.6 is 0 Å². The fraction of sp³-hybridized carbons (Fsp3) is 0.294. The molecule has 0 fully saturated rings. The molecule has 2 N–H and O–H groups in total. The minimum absolute atomic E-state index is 0.245. The zero-order valence-electron chi connectivity index (χ0n) is 11.6. The Bertz CT molecular complexity index is 534. The van der Waals surface area contributed by atoms with Crippen molar-refractivity contribution in [1.29, 1.82) is 0 Å². The summed E-state index contributed by atoms with van der Waals surface area (Å²) >= 11 is 0. The SMILES string of the molecule is COc1ccccc1-c1cccc(CCC(C)N)c1. The number of benzene rings is 2. The van der Waals surface area contributed by atoms with Gasteiger partial charge in [-0.1, -0.05) is 42.5 Å². The number of para-hydroxylation sites is 1. The Kier molecular flexibility index (Phi) is 4.58. The number of ether oxygens (including phenoxy) is 1. The number of rotatable bonds is 5. The van der Waals surface area contributed by atoms with Crippen molar-refractivity contribution >= 4 is 0 Å². The lowest BCUT2D eigenvalue weighted by Crippen LogP contribution is -2.15. The summed E-state index contributed by atoms with van der Waals surface area (Å²) < 4.78 is 5.42. The predicted octanol–water partition coefficient (Wildman–Crippen LogP) is 3.64. The Morgan fingerprint density at radius 3 is 2.63 bits per heavy atom. The largest absolute Gasteiger partial charge is 0.496 e. The molecule has 0 saturated carbocycles. The van der Waals surface area contributed by atoms with Gasteiger partial charge in [-0.05, 0) is 37.0 Å². The number of hydrogen-bond donors (Lipinski definition) is 1. The van der Waals surface area contributed by atoms with Gasteiger partial charge in [0.05, 0.1) is 7.11 Å². The van der Waals surface area contributed by atoms with Crippen molar-refractivity contribution in [3.8, 4) is 16.9 Å². The molecule has 0 aliphatic heterocycles. The number of hydrogen-bond acceptors (Lipinski definition) is 2. The zero-order valence-corrected chi connectivity index (χ0v) is 11.6. The molecule has 2 rings (SSSR count). The van der Waals surface area contributed by atoms with Crippen molar-refractivity contribution in [3.05, 3.63) is 54.1 Å². The van der Waals surface area contributed by atoms with Gasteiger partial charge in [-0.25, -0.2) is 0 Å². The molecule has 1 atom stereocenters. The third-order valence-corrected chi connectivity index (χ3v) is 3.23. The van der Waals surface area contributed by atoms with Crippen molar-refractivity contribution in [3.63, 3.8) is 0 Å². The first kappa shape index (κ1) is 13.6.